The Balaban J connectivity index is 2.33. The third-order valence-corrected chi connectivity index (χ3v) is 2.68. The van der Waals surface area contributed by atoms with Crippen LogP contribution in [0.15, 0.2) is 0 Å². The summed E-state index contributed by atoms with van der Waals surface area (Å²) in [5.41, 5.74) is 1.97. The molecule has 0 bridgehead atoms. The fraction of sp³-hybridized carbons (Fsp3) is 0.500. The van der Waals surface area contributed by atoms with Crippen LogP contribution in [0.1, 0.15) is 24.6 Å². The molecule has 0 aliphatic carbocycles. The maximum absolute atomic E-state index is 11.5. The molecule has 0 aromatic carbocycles. The molecule has 2 heterocycles. The molecule has 1 aliphatic heterocycles. The number of Topliss-reactive ketones (excluding diaryl/α,β-unsaturated/α-hetero) is 1. The zero-order valence-corrected chi connectivity index (χ0v) is 8.83. The highest BCUT2D eigenvalue weighted by Crippen LogP contribution is 2.23. The first kappa shape index (κ1) is 9.89. The van der Waals surface area contributed by atoms with E-state index in [-0.39, 0.29) is 24.7 Å². The number of nitrogens with zero attached hydrogens (tertiary/aromatic N) is 2. The monoisotopic (exact) mass is 207 g/mol. The molecular formula is C10H13N3O2. The van der Waals surface area contributed by atoms with Gasteiger partial charge >= 0.3 is 0 Å². The lowest BCUT2D eigenvalue weighted by atomic mass is 10.2. The Morgan fingerprint density at radius 1 is 1.47 bits per heavy atom. The molecule has 15 heavy (non-hydrogen) atoms. The number of aryl methyl sites for hydroxylation is 1. The smallest absolute Gasteiger partial charge is 0.236 e. The number of hydrogen-bond donors (Lipinski definition) is 1. The van der Waals surface area contributed by atoms with Gasteiger partial charge in [0.25, 0.3) is 0 Å². The fourth-order valence-electron chi connectivity index (χ4n) is 1.81. The predicted octanol–water partition coefficient (Wildman–Crippen LogP) is 0.586. The van der Waals surface area contributed by atoms with E-state index in [1.54, 1.807) is 0 Å². The Morgan fingerprint density at radius 3 is 2.67 bits per heavy atom. The van der Waals surface area contributed by atoms with Crippen molar-refractivity contribution in [3.63, 3.8) is 0 Å². The quantitative estimate of drug-likeness (QED) is 0.721. The zero-order valence-electron chi connectivity index (χ0n) is 8.83. The summed E-state index contributed by atoms with van der Waals surface area (Å²) in [5.74, 6) is 0.403. The molecule has 0 radical (unpaired) electrons. The third-order valence-electron chi connectivity index (χ3n) is 2.68. The first-order valence-corrected chi connectivity index (χ1v) is 4.99. The van der Waals surface area contributed by atoms with Crippen molar-refractivity contribution in [1.82, 2.24) is 10.2 Å². The number of aromatic amines is 1. The molecule has 1 fully saturated rings. The largest absolute Gasteiger partial charge is 0.297 e. The van der Waals surface area contributed by atoms with Gasteiger partial charge in [-0.1, -0.05) is 6.92 Å². The number of aromatic nitrogens is 2. The number of nitrogens with one attached hydrogen (secondary N) is 1. The van der Waals surface area contributed by atoms with Gasteiger partial charge in [0.2, 0.25) is 5.91 Å². The first-order valence-electron chi connectivity index (χ1n) is 4.99. The molecular weight excluding hydrogens is 194 g/mol. The lowest BCUT2D eigenvalue weighted by Crippen LogP contribution is -2.25. The Bertz CT molecular complexity index is 422. The van der Waals surface area contributed by atoms with Gasteiger partial charge in [0.15, 0.2) is 11.6 Å². The summed E-state index contributed by atoms with van der Waals surface area (Å²) < 4.78 is 0. The van der Waals surface area contributed by atoms with Crippen molar-refractivity contribution in [2.75, 3.05) is 11.4 Å². The van der Waals surface area contributed by atoms with Gasteiger partial charge in [0.1, 0.15) is 0 Å². The van der Waals surface area contributed by atoms with E-state index in [0.717, 1.165) is 17.7 Å². The molecule has 0 unspecified atom stereocenters. The van der Waals surface area contributed by atoms with Crippen LogP contribution in [0.3, 0.4) is 0 Å². The molecule has 0 atom stereocenters. The van der Waals surface area contributed by atoms with Gasteiger partial charge < -0.3 is 0 Å². The molecule has 1 amide bonds. The lowest BCUT2D eigenvalue weighted by Gasteiger charge is -2.11. The second-order valence-electron chi connectivity index (χ2n) is 3.70. The van der Waals surface area contributed by atoms with Crippen LogP contribution in [0, 0.1) is 6.92 Å². The maximum atomic E-state index is 11.5. The molecule has 1 aromatic rings. The topological polar surface area (TPSA) is 66.1 Å². The number of carbonyl (C=O) groups is 2. The Morgan fingerprint density at radius 2 is 2.20 bits per heavy atom. The summed E-state index contributed by atoms with van der Waals surface area (Å²) in [6.07, 6.45) is 0.850. The van der Waals surface area contributed by atoms with Gasteiger partial charge in [-0.3, -0.25) is 19.6 Å². The van der Waals surface area contributed by atoms with Crippen LogP contribution in [0.2, 0.25) is 0 Å². The molecule has 0 spiro atoms. The number of rotatable bonds is 2. The second-order valence-corrected chi connectivity index (χ2v) is 3.70. The minimum Gasteiger partial charge on any atom is -0.297 e. The van der Waals surface area contributed by atoms with E-state index in [9.17, 15) is 9.59 Å². The van der Waals surface area contributed by atoms with Gasteiger partial charge in [-0.2, -0.15) is 5.10 Å². The van der Waals surface area contributed by atoms with Gasteiger partial charge in [-0.25, -0.2) is 0 Å². The van der Waals surface area contributed by atoms with Gasteiger partial charge in [-0.15, -0.1) is 0 Å². The Hall–Kier alpha value is -1.65. The summed E-state index contributed by atoms with van der Waals surface area (Å²) in [6.45, 7) is 4.09. The van der Waals surface area contributed by atoms with E-state index in [1.807, 2.05) is 13.8 Å². The normalized spacial score (nSPS) is 16.5. The van der Waals surface area contributed by atoms with E-state index in [1.165, 1.54) is 4.90 Å². The molecule has 0 saturated carbocycles. The lowest BCUT2D eigenvalue weighted by molar-refractivity contribution is -0.121. The maximum Gasteiger partial charge on any atom is 0.236 e. The van der Waals surface area contributed by atoms with E-state index in [4.69, 9.17) is 0 Å². The van der Waals surface area contributed by atoms with Crippen LogP contribution in [0.5, 0.6) is 0 Å². The number of H-pyrrole nitrogens is 1. The SMILES string of the molecule is CCc1[nH]nc(N2CC(=O)CC2=O)c1C. The summed E-state index contributed by atoms with van der Waals surface area (Å²) in [6, 6.07) is 0. The Labute approximate surface area is 87.5 Å². The molecule has 1 saturated heterocycles. The van der Waals surface area contributed by atoms with Crippen molar-refractivity contribution in [1.29, 1.82) is 0 Å². The van der Waals surface area contributed by atoms with Crippen LogP contribution >= 0.6 is 0 Å². The number of hydrogen-bond acceptors (Lipinski definition) is 3. The van der Waals surface area contributed by atoms with Crippen LogP contribution in [-0.2, 0) is 16.0 Å². The second kappa shape index (κ2) is 3.49. The van der Waals surface area contributed by atoms with Crippen LogP contribution in [0.4, 0.5) is 5.82 Å². The minimum absolute atomic E-state index is 0.00770. The van der Waals surface area contributed by atoms with Crippen molar-refractivity contribution >= 4 is 17.5 Å². The molecule has 5 nitrogen and oxygen atoms in total. The number of ketones is 1. The van der Waals surface area contributed by atoms with E-state index < -0.39 is 0 Å². The minimum atomic E-state index is -0.155. The highest BCUT2D eigenvalue weighted by Gasteiger charge is 2.31. The molecule has 5 heteroatoms. The molecule has 1 aliphatic rings. The van der Waals surface area contributed by atoms with Crippen molar-refractivity contribution in [3.8, 4) is 0 Å². The third kappa shape index (κ3) is 1.54. The van der Waals surface area contributed by atoms with Gasteiger partial charge in [-0.05, 0) is 13.3 Å². The average Bonchev–Trinajstić information content (AvgIpc) is 2.69. The summed E-state index contributed by atoms with van der Waals surface area (Å²) in [4.78, 5) is 24.1. The molecule has 80 valence electrons. The van der Waals surface area contributed by atoms with Crippen molar-refractivity contribution in [2.45, 2.75) is 26.7 Å². The average molecular weight is 207 g/mol. The van der Waals surface area contributed by atoms with Gasteiger partial charge in [0.05, 0.1) is 13.0 Å². The number of anilines is 1. The van der Waals surface area contributed by atoms with Crippen LogP contribution < -0.4 is 4.90 Å². The van der Waals surface area contributed by atoms with Crippen molar-refractivity contribution in [3.05, 3.63) is 11.3 Å². The highest BCUT2D eigenvalue weighted by molar-refractivity contribution is 6.14. The van der Waals surface area contributed by atoms with Crippen molar-refractivity contribution < 1.29 is 9.59 Å². The van der Waals surface area contributed by atoms with Crippen LogP contribution in [-0.4, -0.2) is 28.4 Å². The standard InChI is InChI=1S/C10H13N3O2/c1-3-8-6(2)10(12-11-8)13-5-7(14)4-9(13)15/h3-5H2,1-2H3,(H,11,12). The van der Waals surface area contributed by atoms with E-state index in [0.29, 0.717) is 5.82 Å². The van der Waals surface area contributed by atoms with Gasteiger partial charge in [0, 0.05) is 11.3 Å². The highest BCUT2D eigenvalue weighted by atomic mass is 16.2. The van der Waals surface area contributed by atoms with E-state index >= 15 is 0 Å². The Kier molecular flexibility index (Phi) is 2.30. The molecule has 1 aromatic heterocycles. The fourth-order valence-corrected chi connectivity index (χ4v) is 1.81. The van der Waals surface area contributed by atoms with Crippen LogP contribution in [0.25, 0.3) is 0 Å². The van der Waals surface area contributed by atoms with E-state index in [2.05, 4.69) is 10.2 Å². The summed E-state index contributed by atoms with van der Waals surface area (Å²) in [5, 5.41) is 6.96. The number of amides is 1. The zero-order chi connectivity index (χ0) is 11.0. The first-order chi connectivity index (χ1) is 7.13. The molecule has 2 rings (SSSR count). The number of carbonyl (C=O) groups excluding carboxylic acids is 2. The predicted molar refractivity (Wildman–Crippen MR) is 54.7 cm³/mol. The summed E-state index contributed by atoms with van der Waals surface area (Å²) in [7, 11) is 0. The molecule has 1 N–H and O–H groups in total. The van der Waals surface area contributed by atoms with Crippen molar-refractivity contribution in [2.24, 2.45) is 0 Å². The summed E-state index contributed by atoms with van der Waals surface area (Å²) >= 11 is 0.